The highest BCUT2D eigenvalue weighted by atomic mass is 16.5. The van der Waals surface area contributed by atoms with E-state index in [1.54, 1.807) is 4.90 Å². The highest BCUT2D eigenvalue weighted by Gasteiger charge is 2.35. The van der Waals surface area contributed by atoms with Gasteiger partial charge in [-0.05, 0) is 17.9 Å². The minimum Gasteiger partial charge on any atom is -0.377 e. The molecule has 0 radical (unpaired) electrons. The topological polar surface area (TPSA) is 84.7 Å². The van der Waals surface area contributed by atoms with Gasteiger partial charge in [0, 0.05) is 19.6 Å². The predicted octanol–water partition coefficient (Wildman–Crippen LogP) is 0.0959. The molecule has 2 rings (SSSR count). The summed E-state index contributed by atoms with van der Waals surface area (Å²) in [7, 11) is 0. The summed E-state index contributed by atoms with van der Waals surface area (Å²) >= 11 is 0. The fourth-order valence-corrected chi connectivity index (χ4v) is 2.54. The van der Waals surface area contributed by atoms with Gasteiger partial charge in [-0.3, -0.25) is 4.79 Å². The number of nitrogens with two attached hydrogens (primary N) is 1. The van der Waals surface area contributed by atoms with E-state index in [4.69, 9.17) is 10.5 Å². The lowest BCUT2D eigenvalue weighted by molar-refractivity contribution is -0.122. The lowest BCUT2D eigenvalue weighted by Crippen LogP contribution is -2.40. The van der Waals surface area contributed by atoms with Crippen LogP contribution in [-0.4, -0.2) is 49.7 Å². The third kappa shape index (κ3) is 3.47. The zero-order chi connectivity index (χ0) is 13.8. The fraction of sp³-hybridized carbons (Fsp3) is 0.692. The molecule has 6 nitrogen and oxygen atoms in total. The minimum atomic E-state index is -0.328. The number of hydrogen-bond donors (Lipinski definition) is 2. The molecule has 0 aromatic heterocycles. The van der Waals surface area contributed by atoms with Gasteiger partial charge in [0.05, 0.1) is 19.1 Å². The van der Waals surface area contributed by atoms with Crippen molar-refractivity contribution in [3.63, 3.8) is 0 Å². The number of nitrogens with zero attached hydrogens (tertiary/aromatic N) is 1. The minimum absolute atomic E-state index is 0.125. The number of carbonyl (C=O) groups is 2. The number of carbonyl (C=O) groups excluding carboxylic acids is 2. The first-order valence-electron chi connectivity index (χ1n) is 6.65. The van der Waals surface area contributed by atoms with Crippen molar-refractivity contribution in [2.24, 2.45) is 17.6 Å². The van der Waals surface area contributed by atoms with Crippen LogP contribution in [0.15, 0.2) is 11.6 Å². The molecule has 106 valence electrons. The van der Waals surface area contributed by atoms with Gasteiger partial charge in [0.2, 0.25) is 5.91 Å². The van der Waals surface area contributed by atoms with Gasteiger partial charge in [0.25, 0.3) is 0 Å². The fourth-order valence-electron chi connectivity index (χ4n) is 2.54. The molecular formula is C13H21N3O3. The normalized spacial score (nSPS) is 27.0. The second-order valence-electron chi connectivity index (χ2n) is 5.25. The Morgan fingerprint density at radius 2 is 2.32 bits per heavy atom. The van der Waals surface area contributed by atoms with Gasteiger partial charge in [-0.15, -0.1) is 0 Å². The molecule has 0 aromatic carbocycles. The zero-order valence-electron chi connectivity index (χ0n) is 11.2. The first-order chi connectivity index (χ1) is 9.08. The van der Waals surface area contributed by atoms with Crippen LogP contribution < -0.4 is 11.1 Å². The standard InChI is InChI=1S/C13H21N3O3/c1-9-6-16(7-11(9)12(14)17)13(18)15-5-10-3-2-4-19-8-10/h3,9,11H,2,4-8H2,1H3,(H2,14,17)(H,15,18)/t9-,11-/m1/s1. The number of hydrogen-bond acceptors (Lipinski definition) is 3. The smallest absolute Gasteiger partial charge is 0.317 e. The number of likely N-dealkylation sites (tertiary alicyclic amines) is 1. The molecule has 2 aliphatic heterocycles. The second-order valence-corrected chi connectivity index (χ2v) is 5.25. The van der Waals surface area contributed by atoms with Gasteiger partial charge in [0.1, 0.15) is 0 Å². The molecule has 2 atom stereocenters. The van der Waals surface area contributed by atoms with Crippen molar-refractivity contribution in [3.05, 3.63) is 11.6 Å². The molecule has 0 aliphatic carbocycles. The van der Waals surface area contributed by atoms with E-state index < -0.39 is 0 Å². The number of amides is 3. The average Bonchev–Trinajstić information content (AvgIpc) is 2.79. The van der Waals surface area contributed by atoms with Gasteiger partial charge in [-0.1, -0.05) is 13.0 Å². The van der Waals surface area contributed by atoms with Crippen molar-refractivity contribution in [2.75, 3.05) is 32.8 Å². The summed E-state index contributed by atoms with van der Waals surface area (Å²) in [6.45, 7) is 4.78. The largest absolute Gasteiger partial charge is 0.377 e. The van der Waals surface area contributed by atoms with Crippen LogP contribution in [0.4, 0.5) is 4.79 Å². The van der Waals surface area contributed by atoms with Crippen molar-refractivity contribution >= 4 is 11.9 Å². The molecular weight excluding hydrogens is 246 g/mol. The predicted molar refractivity (Wildman–Crippen MR) is 70.3 cm³/mol. The summed E-state index contributed by atoms with van der Waals surface area (Å²) in [6.07, 6.45) is 3.00. The molecule has 0 saturated carbocycles. The molecule has 0 spiro atoms. The Hall–Kier alpha value is -1.56. The van der Waals surface area contributed by atoms with Crippen LogP contribution in [0.1, 0.15) is 13.3 Å². The van der Waals surface area contributed by atoms with Crippen molar-refractivity contribution < 1.29 is 14.3 Å². The Labute approximate surface area is 113 Å². The first kappa shape index (κ1) is 13.9. The summed E-state index contributed by atoms with van der Waals surface area (Å²) in [5.74, 6) is -0.436. The molecule has 1 fully saturated rings. The lowest BCUT2D eigenvalue weighted by atomic mass is 9.98. The van der Waals surface area contributed by atoms with E-state index in [1.165, 1.54) is 0 Å². The Kier molecular flexibility index (Phi) is 4.42. The van der Waals surface area contributed by atoms with E-state index in [0.29, 0.717) is 26.2 Å². The third-order valence-corrected chi connectivity index (χ3v) is 3.71. The van der Waals surface area contributed by atoms with E-state index in [1.807, 2.05) is 6.92 Å². The lowest BCUT2D eigenvalue weighted by Gasteiger charge is -2.19. The Morgan fingerprint density at radius 1 is 1.53 bits per heavy atom. The number of ether oxygens (including phenoxy) is 1. The van der Waals surface area contributed by atoms with Gasteiger partial charge < -0.3 is 20.7 Å². The highest BCUT2D eigenvalue weighted by Crippen LogP contribution is 2.22. The Morgan fingerprint density at radius 3 is 2.89 bits per heavy atom. The number of primary amides is 1. The monoisotopic (exact) mass is 267 g/mol. The van der Waals surface area contributed by atoms with E-state index in [2.05, 4.69) is 11.4 Å². The number of rotatable bonds is 3. The van der Waals surface area contributed by atoms with Gasteiger partial charge in [-0.25, -0.2) is 4.79 Å². The van der Waals surface area contributed by atoms with Crippen LogP contribution >= 0.6 is 0 Å². The molecule has 0 aromatic rings. The zero-order valence-corrected chi connectivity index (χ0v) is 11.2. The van der Waals surface area contributed by atoms with Crippen LogP contribution in [0.2, 0.25) is 0 Å². The van der Waals surface area contributed by atoms with Crippen LogP contribution in [-0.2, 0) is 9.53 Å². The third-order valence-electron chi connectivity index (χ3n) is 3.71. The summed E-state index contributed by atoms with van der Waals surface area (Å²) in [4.78, 5) is 24.9. The van der Waals surface area contributed by atoms with Gasteiger partial charge >= 0.3 is 6.03 Å². The van der Waals surface area contributed by atoms with Crippen LogP contribution in [0.5, 0.6) is 0 Å². The van der Waals surface area contributed by atoms with Crippen molar-refractivity contribution in [1.82, 2.24) is 10.2 Å². The maximum Gasteiger partial charge on any atom is 0.317 e. The average molecular weight is 267 g/mol. The first-order valence-corrected chi connectivity index (χ1v) is 6.65. The van der Waals surface area contributed by atoms with Crippen molar-refractivity contribution in [2.45, 2.75) is 13.3 Å². The van der Waals surface area contributed by atoms with E-state index in [-0.39, 0.29) is 23.8 Å². The Balaban J connectivity index is 1.81. The maximum atomic E-state index is 12.0. The number of nitrogens with one attached hydrogen (secondary N) is 1. The SMILES string of the molecule is C[C@@H]1CN(C(=O)NCC2=CCCOC2)C[C@H]1C(N)=O. The summed E-state index contributed by atoms with van der Waals surface area (Å²) < 4.78 is 5.31. The van der Waals surface area contributed by atoms with Gasteiger partial charge in [0.15, 0.2) is 0 Å². The van der Waals surface area contributed by atoms with Crippen LogP contribution in [0.25, 0.3) is 0 Å². The maximum absolute atomic E-state index is 12.0. The molecule has 19 heavy (non-hydrogen) atoms. The summed E-state index contributed by atoms with van der Waals surface area (Å²) in [6, 6.07) is -0.137. The number of urea groups is 1. The summed E-state index contributed by atoms with van der Waals surface area (Å²) in [5, 5.41) is 2.86. The van der Waals surface area contributed by atoms with Crippen LogP contribution in [0, 0.1) is 11.8 Å². The van der Waals surface area contributed by atoms with E-state index >= 15 is 0 Å². The Bertz CT molecular complexity index is 395. The molecule has 0 bridgehead atoms. The highest BCUT2D eigenvalue weighted by molar-refractivity contribution is 5.80. The molecule has 1 saturated heterocycles. The van der Waals surface area contributed by atoms with E-state index in [9.17, 15) is 9.59 Å². The molecule has 0 unspecified atom stereocenters. The second kappa shape index (κ2) is 6.06. The quantitative estimate of drug-likeness (QED) is 0.711. The van der Waals surface area contributed by atoms with E-state index in [0.717, 1.165) is 18.6 Å². The molecule has 2 heterocycles. The molecule has 3 amide bonds. The molecule has 3 N–H and O–H groups in total. The molecule has 6 heteroatoms. The summed E-state index contributed by atoms with van der Waals surface area (Å²) in [5.41, 5.74) is 6.41. The van der Waals surface area contributed by atoms with Crippen molar-refractivity contribution in [1.29, 1.82) is 0 Å². The molecule has 2 aliphatic rings. The van der Waals surface area contributed by atoms with Crippen molar-refractivity contribution in [3.8, 4) is 0 Å². The van der Waals surface area contributed by atoms with Gasteiger partial charge in [-0.2, -0.15) is 0 Å². The van der Waals surface area contributed by atoms with Crippen LogP contribution in [0.3, 0.4) is 0 Å².